The predicted octanol–water partition coefficient (Wildman–Crippen LogP) is 3.21. The van der Waals surface area contributed by atoms with Gasteiger partial charge in [0.25, 0.3) is 0 Å². The molecule has 0 saturated heterocycles. The third-order valence-corrected chi connectivity index (χ3v) is 3.57. The van der Waals surface area contributed by atoms with E-state index in [0.717, 1.165) is 16.5 Å². The van der Waals surface area contributed by atoms with Crippen LogP contribution in [0.5, 0.6) is 17.2 Å². The van der Waals surface area contributed by atoms with Crippen molar-refractivity contribution in [2.45, 2.75) is 0 Å². The van der Waals surface area contributed by atoms with Crippen LogP contribution in [0.4, 0.5) is 5.69 Å². The van der Waals surface area contributed by atoms with Crippen LogP contribution in [0.25, 0.3) is 22.0 Å². The number of hydrogen-bond donors (Lipinski definition) is 2. The second-order valence-corrected chi connectivity index (χ2v) is 4.83. The molecule has 3 rings (SSSR count). The Bertz CT molecular complexity index is 847. The highest BCUT2D eigenvalue weighted by Gasteiger charge is 2.14. The van der Waals surface area contributed by atoms with E-state index >= 15 is 0 Å². The van der Waals surface area contributed by atoms with Gasteiger partial charge in [0.05, 0.1) is 19.9 Å². The van der Waals surface area contributed by atoms with Crippen molar-refractivity contribution in [3.63, 3.8) is 0 Å². The molecule has 0 fully saturated rings. The number of fused-ring (bicyclic) bond motifs is 1. The van der Waals surface area contributed by atoms with E-state index in [-0.39, 0.29) is 5.75 Å². The molecule has 3 N–H and O–H groups in total. The van der Waals surface area contributed by atoms with Gasteiger partial charge in [-0.15, -0.1) is 0 Å². The molecule has 0 bridgehead atoms. The summed E-state index contributed by atoms with van der Waals surface area (Å²) in [6.07, 6.45) is 1.65. The van der Waals surface area contributed by atoms with Crippen LogP contribution in [0.3, 0.4) is 0 Å². The molecule has 0 spiro atoms. The Hall–Kier alpha value is -2.95. The van der Waals surface area contributed by atoms with Gasteiger partial charge in [0.15, 0.2) is 11.5 Å². The lowest BCUT2D eigenvalue weighted by atomic mass is 9.99. The largest absolute Gasteiger partial charge is 0.506 e. The van der Waals surface area contributed by atoms with E-state index in [9.17, 15) is 5.11 Å². The van der Waals surface area contributed by atoms with Crippen LogP contribution in [0.15, 0.2) is 42.6 Å². The first-order valence-corrected chi connectivity index (χ1v) is 6.74. The highest BCUT2D eigenvalue weighted by atomic mass is 16.5. The van der Waals surface area contributed by atoms with E-state index in [1.165, 1.54) is 0 Å². The number of methoxy groups -OCH3 is 2. The SMILES string of the molecule is COc1cc(-c2ccc(O)c3ncccc23)cc(N)c1OC. The second kappa shape index (κ2) is 5.44. The first-order valence-electron chi connectivity index (χ1n) is 6.74. The van der Waals surface area contributed by atoms with Crippen molar-refractivity contribution in [1.82, 2.24) is 4.98 Å². The second-order valence-electron chi connectivity index (χ2n) is 4.83. The Kier molecular flexibility index (Phi) is 3.47. The summed E-state index contributed by atoms with van der Waals surface area (Å²) in [7, 11) is 3.12. The molecule has 22 heavy (non-hydrogen) atoms. The van der Waals surface area contributed by atoms with E-state index in [0.29, 0.717) is 22.7 Å². The van der Waals surface area contributed by atoms with Crippen molar-refractivity contribution < 1.29 is 14.6 Å². The molecule has 0 aliphatic carbocycles. The molecule has 112 valence electrons. The fourth-order valence-electron chi connectivity index (χ4n) is 2.56. The van der Waals surface area contributed by atoms with E-state index in [1.807, 2.05) is 30.3 Å². The monoisotopic (exact) mass is 296 g/mol. The summed E-state index contributed by atoms with van der Waals surface area (Å²) in [5, 5.41) is 10.8. The minimum atomic E-state index is 0.146. The van der Waals surface area contributed by atoms with Crippen molar-refractivity contribution in [2.75, 3.05) is 20.0 Å². The van der Waals surface area contributed by atoms with Gasteiger partial charge in [0.2, 0.25) is 0 Å². The summed E-state index contributed by atoms with van der Waals surface area (Å²) in [6, 6.07) is 10.9. The number of rotatable bonds is 3. The lowest BCUT2D eigenvalue weighted by Gasteiger charge is -2.14. The van der Waals surface area contributed by atoms with Gasteiger partial charge in [0.1, 0.15) is 11.3 Å². The molecule has 0 radical (unpaired) electrons. The number of phenolic OH excluding ortho intramolecular Hbond substituents is 1. The average Bonchev–Trinajstić information content (AvgIpc) is 2.54. The third-order valence-electron chi connectivity index (χ3n) is 3.57. The maximum Gasteiger partial charge on any atom is 0.183 e. The van der Waals surface area contributed by atoms with Gasteiger partial charge in [-0.05, 0) is 41.5 Å². The molecule has 0 aliphatic rings. The average molecular weight is 296 g/mol. The van der Waals surface area contributed by atoms with Gasteiger partial charge >= 0.3 is 0 Å². The first kappa shape index (κ1) is 14.0. The van der Waals surface area contributed by atoms with Crippen LogP contribution >= 0.6 is 0 Å². The smallest absolute Gasteiger partial charge is 0.183 e. The molecule has 0 amide bonds. The Labute approximate surface area is 127 Å². The van der Waals surface area contributed by atoms with Gasteiger partial charge < -0.3 is 20.3 Å². The summed E-state index contributed by atoms with van der Waals surface area (Å²) in [6.45, 7) is 0. The minimum absolute atomic E-state index is 0.146. The molecular weight excluding hydrogens is 280 g/mol. The zero-order chi connectivity index (χ0) is 15.7. The molecule has 2 aromatic carbocycles. The van der Waals surface area contributed by atoms with Crippen LogP contribution in [0, 0.1) is 0 Å². The van der Waals surface area contributed by atoms with E-state index in [2.05, 4.69) is 4.98 Å². The molecule has 3 aromatic rings. The quantitative estimate of drug-likeness (QED) is 0.726. The molecule has 1 heterocycles. The fourth-order valence-corrected chi connectivity index (χ4v) is 2.56. The van der Waals surface area contributed by atoms with Crippen molar-refractivity contribution in [3.8, 4) is 28.4 Å². The lowest BCUT2D eigenvalue weighted by molar-refractivity contribution is 0.356. The Morgan fingerprint density at radius 1 is 1.09 bits per heavy atom. The van der Waals surface area contributed by atoms with Crippen LogP contribution in [-0.4, -0.2) is 24.3 Å². The third kappa shape index (κ3) is 2.16. The fraction of sp³-hybridized carbons (Fsp3) is 0.118. The number of anilines is 1. The highest BCUT2D eigenvalue weighted by Crippen LogP contribution is 2.40. The summed E-state index contributed by atoms with van der Waals surface area (Å²) in [5.41, 5.74) is 8.87. The number of nitrogens with zero attached hydrogens (tertiary/aromatic N) is 1. The van der Waals surface area contributed by atoms with E-state index < -0.39 is 0 Å². The Balaban J connectivity index is 2.29. The van der Waals surface area contributed by atoms with Crippen LogP contribution in [-0.2, 0) is 0 Å². The minimum Gasteiger partial charge on any atom is -0.506 e. The highest BCUT2D eigenvalue weighted by molar-refractivity contribution is 5.98. The lowest BCUT2D eigenvalue weighted by Crippen LogP contribution is -1.97. The molecular formula is C17H16N2O3. The standard InChI is InChI=1S/C17H16N2O3/c1-21-15-9-10(8-13(18)17(15)22-2)11-5-6-14(20)16-12(11)4-3-7-19-16/h3-9,20H,18H2,1-2H3. The maximum atomic E-state index is 9.95. The number of nitrogens with two attached hydrogens (primary N) is 1. The summed E-state index contributed by atoms with van der Waals surface area (Å²) in [5.74, 6) is 1.21. The van der Waals surface area contributed by atoms with Gasteiger partial charge in [-0.1, -0.05) is 6.07 Å². The van der Waals surface area contributed by atoms with Crippen molar-refractivity contribution in [2.24, 2.45) is 0 Å². The summed E-state index contributed by atoms with van der Waals surface area (Å²) < 4.78 is 10.6. The van der Waals surface area contributed by atoms with Gasteiger partial charge in [-0.3, -0.25) is 4.98 Å². The Morgan fingerprint density at radius 2 is 1.91 bits per heavy atom. The molecule has 0 saturated carbocycles. The van der Waals surface area contributed by atoms with Crippen LogP contribution < -0.4 is 15.2 Å². The molecule has 5 heteroatoms. The van der Waals surface area contributed by atoms with E-state index in [1.54, 1.807) is 26.5 Å². The van der Waals surface area contributed by atoms with Gasteiger partial charge in [-0.2, -0.15) is 0 Å². The van der Waals surface area contributed by atoms with Crippen molar-refractivity contribution >= 4 is 16.6 Å². The first-order chi connectivity index (χ1) is 10.7. The number of phenols is 1. The van der Waals surface area contributed by atoms with Gasteiger partial charge in [-0.25, -0.2) is 0 Å². The maximum absolute atomic E-state index is 9.95. The number of nitrogen functional groups attached to an aromatic ring is 1. The van der Waals surface area contributed by atoms with Crippen molar-refractivity contribution in [1.29, 1.82) is 0 Å². The molecule has 0 atom stereocenters. The zero-order valence-electron chi connectivity index (χ0n) is 12.3. The topological polar surface area (TPSA) is 77.6 Å². The molecule has 0 unspecified atom stereocenters. The number of aromatic hydroxyl groups is 1. The normalized spacial score (nSPS) is 10.6. The molecule has 1 aromatic heterocycles. The number of aromatic nitrogens is 1. The van der Waals surface area contributed by atoms with Crippen molar-refractivity contribution in [3.05, 3.63) is 42.6 Å². The predicted molar refractivity (Wildman–Crippen MR) is 86.4 cm³/mol. The Morgan fingerprint density at radius 3 is 2.64 bits per heavy atom. The zero-order valence-corrected chi connectivity index (χ0v) is 12.3. The summed E-state index contributed by atoms with van der Waals surface area (Å²) in [4.78, 5) is 4.23. The van der Waals surface area contributed by atoms with Crippen LogP contribution in [0.2, 0.25) is 0 Å². The number of hydrogen-bond acceptors (Lipinski definition) is 5. The number of benzene rings is 2. The molecule has 0 aliphatic heterocycles. The van der Waals surface area contributed by atoms with E-state index in [4.69, 9.17) is 15.2 Å². The van der Waals surface area contributed by atoms with Gasteiger partial charge in [0, 0.05) is 11.6 Å². The van der Waals surface area contributed by atoms with Crippen LogP contribution in [0.1, 0.15) is 0 Å². The number of ether oxygens (including phenoxy) is 2. The molecule has 5 nitrogen and oxygen atoms in total. The summed E-state index contributed by atoms with van der Waals surface area (Å²) >= 11 is 0. The number of pyridine rings is 1.